The van der Waals surface area contributed by atoms with Crippen LogP contribution in [0.5, 0.6) is 0 Å². The van der Waals surface area contributed by atoms with Crippen molar-refractivity contribution in [2.24, 2.45) is 0 Å². The Kier molecular flexibility index (Phi) is 3.68. The van der Waals surface area contributed by atoms with E-state index in [4.69, 9.17) is 0 Å². The van der Waals surface area contributed by atoms with Crippen molar-refractivity contribution >= 4 is 11.9 Å². The van der Waals surface area contributed by atoms with E-state index in [1.165, 1.54) is 7.11 Å². The van der Waals surface area contributed by atoms with Crippen molar-refractivity contribution in [2.45, 2.75) is 25.3 Å². The van der Waals surface area contributed by atoms with Crippen LogP contribution in [0.15, 0.2) is 0 Å². The zero-order valence-corrected chi connectivity index (χ0v) is 9.50. The molecule has 0 aliphatic carbocycles. The summed E-state index contributed by atoms with van der Waals surface area (Å²) in [5.74, 6) is -0.527. The van der Waals surface area contributed by atoms with Gasteiger partial charge in [-0.15, -0.1) is 0 Å². The molecule has 1 saturated heterocycles. The van der Waals surface area contributed by atoms with Gasteiger partial charge in [0.2, 0.25) is 5.91 Å². The van der Waals surface area contributed by atoms with E-state index in [0.717, 1.165) is 19.4 Å². The van der Waals surface area contributed by atoms with Gasteiger partial charge < -0.3 is 10.1 Å². The van der Waals surface area contributed by atoms with Crippen molar-refractivity contribution in [1.82, 2.24) is 10.2 Å². The van der Waals surface area contributed by atoms with E-state index in [0.29, 0.717) is 0 Å². The van der Waals surface area contributed by atoms with Crippen LogP contribution in [-0.2, 0) is 14.3 Å². The zero-order chi connectivity index (χ0) is 11.5. The Labute approximate surface area is 89.8 Å². The molecule has 5 nitrogen and oxygen atoms in total. The Morgan fingerprint density at radius 1 is 1.53 bits per heavy atom. The van der Waals surface area contributed by atoms with Crippen LogP contribution < -0.4 is 5.32 Å². The molecule has 1 aliphatic rings. The van der Waals surface area contributed by atoms with Crippen LogP contribution in [0.3, 0.4) is 0 Å². The van der Waals surface area contributed by atoms with Gasteiger partial charge in [0.05, 0.1) is 12.6 Å². The zero-order valence-electron chi connectivity index (χ0n) is 9.50. The van der Waals surface area contributed by atoms with Crippen LogP contribution in [0, 0.1) is 0 Å². The molecular weight excluding hydrogens is 196 g/mol. The first-order chi connectivity index (χ1) is 7.00. The minimum absolute atomic E-state index is 0.0568. The molecular formula is C10H18N2O3. The Hall–Kier alpha value is -1.10. The molecule has 0 unspecified atom stereocenters. The van der Waals surface area contributed by atoms with Crippen molar-refractivity contribution in [2.75, 3.05) is 27.2 Å². The smallest absolute Gasteiger partial charge is 0.325 e. The van der Waals surface area contributed by atoms with Gasteiger partial charge in [-0.25, -0.2) is 0 Å². The first-order valence-electron chi connectivity index (χ1n) is 5.07. The number of amides is 1. The molecule has 0 aromatic heterocycles. The van der Waals surface area contributed by atoms with Crippen LogP contribution in [0.1, 0.15) is 19.8 Å². The van der Waals surface area contributed by atoms with Gasteiger partial charge in [0.25, 0.3) is 0 Å². The molecule has 1 aliphatic heterocycles. The van der Waals surface area contributed by atoms with Gasteiger partial charge in [-0.05, 0) is 33.4 Å². The Morgan fingerprint density at radius 3 is 2.67 bits per heavy atom. The number of nitrogens with zero attached hydrogens (tertiary/aromatic N) is 1. The molecule has 5 heteroatoms. The van der Waals surface area contributed by atoms with Crippen molar-refractivity contribution < 1.29 is 14.3 Å². The number of esters is 1. The van der Waals surface area contributed by atoms with Crippen LogP contribution in [0.25, 0.3) is 0 Å². The first-order valence-corrected chi connectivity index (χ1v) is 5.07. The molecule has 1 fully saturated rings. The number of nitrogens with one attached hydrogen (secondary N) is 1. The van der Waals surface area contributed by atoms with E-state index in [9.17, 15) is 9.59 Å². The summed E-state index contributed by atoms with van der Waals surface area (Å²) in [5, 5.41) is 2.59. The molecule has 0 spiro atoms. The predicted molar refractivity (Wildman–Crippen MR) is 55.3 cm³/mol. The van der Waals surface area contributed by atoms with E-state index in [-0.39, 0.29) is 12.5 Å². The summed E-state index contributed by atoms with van der Waals surface area (Å²) < 4.78 is 4.46. The van der Waals surface area contributed by atoms with E-state index >= 15 is 0 Å². The number of carbonyl (C=O) groups excluding carboxylic acids is 2. The van der Waals surface area contributed by atoms with E-state index < -0.39 is 11.5 Å². The molecule has 1 rings (SSSR count). The molecule has 0 saturated carbocycles. The number of likely N-dealkylation sites (N-methyl/N-ethyl adjacent to an activating group) is 1. The van der Waals surface area contributed by atoms with Crippen molar-refractivity contribution in [3.63, 3.8) is 0 Å². The lowest BCUT2D eigenvalue weighted by atomic mass is 9.98. The molecule has 1 amide bonds. The fourth-order valence-corrected chi connectivity index (χ4v) is 1.80. The van der Waals surface area contributed by atoms with Crippen LogP contribution in [0.2, 0.25) is 0 Å². The summed E-state index contributed by atoms with van der Waals surface area (Å²) in [7, 11) is 3.22. The van der Waals surface area contributed by atoms with Crippen molar-refractivity contribution in [3.8, 4) is 0 Å². The second kappa shape index (κ2) is 4.61. The summed E-state index contributed by atoms with van der Waals surface area (Å²) in [6.07, 6.45) is 1.84. The van der Waals surface area contributed by atoms with Gasteiger partial charge >= 0.3 is 5.97 Å². The summed E-state index contributed by atoms with van der Waals surface area (Å²) in [4.78, 5) is 24.7. The van der Waals surface area contributed by atoms with E-state index in [1.807, 2.05) is 18.9 Å². The fourth-order valence-electron chi connectivity index (χ4n) is 1.80. The minimum atomic E-state index is -0.478. The lowest BCUT2D eigenvalue weighted by Gasteiger charge is -2.30. The second-order valence-electron chi connectivity index (χ2n) is 4.06. The summed E-state index contributed by atoms with van der Waals surface area (Å²) in [6, 6.07) is 0. The lowest BCUT2D eigenvalue weighted by molar-refractivity contribution is -0.142. The Morgan fingerprint density at radius 2 is 2.20 bits per heavy atom. The molecule has 15 heavy (non-hydrogen) atoms. The summed E-state index contributed by atoms with van der Waals surface area (Å²) in [6.45, 7) is 2.76. The second-order valence-corrected chi connectivity index (χ2v) is 4.06. The maximum Gasteiger partial charge on any atom is 0.325 e. The third kappa shape index (κ3) is 2.47. The molecule has 1 heterocycles. The Bertz CT molecular complexity index is 267. The molecule has 1 N–H and O–H groups in total. The van der Waals surface area contributed by atoms with E-state index in [1.54, 1.807) is 0 Å². The van der Waals surface area contributed by atoms with Gasteiger partial charge in [0.15, 0.2) is 0 Å². The molecule has 0 aromatic carbocycles. The number of methoxy groups -OCH3 is 1. The average molecular weight is 214 g/mol. The normalized spacial score (nSPS) is 26.3. The van der Waals surface area contributed by atoms with Crippen LogP contribution in [0.4, 0.5) is 0 Å². The number of ether oxygens (including phenoxy) is 1. The summed E-state index contributed by atoms with van der Waals surface area (Å²) >= 11 is 0. The largest absolute Gasteiger partial charge is 0.468 e. The minimum Gasteiger partial charge on any atom is -0.468 e. The number of hydrogen-bond donors (Lipinski definition) is 1. The molecule has 0 radical (unpaired) electrons. The SMILES string of the molecule is COC(=O)CNC(=O)[C@]1(C)CCCN1C. The maximum absolute atomic E-state index is 11.8. The molecule has 1 atom stereocenters. The highest BCUT2D eigenvalue weighted by Crippen LogP contribution is 2.26. The van der Waals surface area contributed by atoms with Gasteiger partial charge in [-0.1, -0.05) is 0 Å². The third-order valence-corrected chi connectivity index (χ3v) is 3.11. The molecule has 0 aromatic rings. The average Bonchev–Trinajstić information content (AvgIpc) is 2.56. The highest BCUT2D eigenvalue weighted by Gasteiger charge is 2.40. The van der Waals surface area contributed by atoms with Crippen molar-refractivity contribution in [1.29, 1.82) is 0 Å². The monoisotopic (exact) mass is 214 g/mol. The Balaban J connectivity index is 2.49. The van der Waals surface area contributed by atoms with Crippen LogP contribution in [-0.4, -0.2) is 49.6 Å². The van der Waals surface area contributed by atoms with Crippen LogP contribution >= 0.6 is 0 Å². The first kappa shape index (κ1) is 12.0. The van der Waals surface area contributed by atoms with E-state index in [2.05, 4.69) is 10.1 Å². The number of hydrogen-bond acceptors (Lipinski definition) is 4. The predicted octanol–water partition coefficient (Wildman–Crippen LogP) is -0.240. The molecule has 86 valence electrons. The quantitative estimate of drug-likeness (QED) is 0.659. The molecule has 0 bridgehead atoms. The van der Waals surface area contributed by atoms with Gasteiger partial charge in [-0.2, -0.15) is 0 Å². The number of likely N-dealkylation sites (tertiary alicyclic amines) is 1. The maximum atomic E-state index is 11.8. The fraction of sp³-hybridized carbons (Fsp3) is 0.800. The highest BCUT2D eigenvalue weighted by atomic mass is 16.5. The summed E-state index contributed by atoms with van der Waals surface area (Å²) in [5.41, 5.74) is -0.478. The van der Waals surface area contributed by atoms with Gasteiger partial charge in [0.1, 0.15) is 6.54 Å². The van der Waals surface area contributed by atoms with Crippen molar-refractivity contribution in [3.05, 3.63) is 0 Å². The number of carbonyl (C=O) groups is 2. The topological polar surface area (TPSA) is 58.6 Å². The number of rotatable bonds is 3. The third-order valence-electron chi connectivity index (χ3n) is 3.11. The standard InChI is InChI=1S/C10H18N2O3/c1-10(5-4-6-12(10)2)9(14)11-7-8(13)15-3/h4-7H2,1-3H3,(H,11,14)/t10-/m0/s1. The van der Waals surface area contributed by atoms with Gasteiger partial charge in [-0.3, -0.25) is 14.5 Å². The lowest BCUT2D eigenvalue weighted by Crippen LogP contribution is -2.52. The highest BCUT2D eigenvalue weighted by molar-refractivity contribution is 5.89. The van der Waals surface area contributed by atoms with Gasteiger partial charge in [0, 0.05) is 0 Å².